The molecule has 0 atom stereocenters. The lowest BCUT2D eigenvalue weighted by atomic mass is 9.86. The van der Waals surface area contributed by atoms with Crippen molar-refractivity contribution in [1.82, 2.24) is 18.3 Å². The number of halogens is 2. The number of rotatable bonds is 6. The van der Waals surface area contributed by atoms with Gasteiger partial charge in [-0.3, -0.25) is 27.9 Å². The Morgan fingerprint density at radius 1 is 0.767 bits per heavy atom. The fourth-order valence-electron chi connectivity index (χ4n) is 5.15. The zero-order chi connectivity index (χ0) is 31.3. The van der Waals surface area contributed by atoms with Crippen LogP contribution in [-0.2, 0) is 34.8 Å². The topological polar surface area (TPSA) is 104 Å². The molecule has 0 bridgehead atoms. The molecule has 43 heavy (non-hydrogen) atoms. The van der Waals surface area contributed by atoms with Crippen LogP contribution in [-0.4, -0.2) is 28.5 Å². The number of hydrogen-bond acceptors (Lipinski definition) is 7. The molecule has 13 heteroatoms. The molecule has 0 aliphatic heterocycles. The van der Waals surface area contributed by atoms with E-state index < -0.39 is 28.8 Å². The molecule has 0 spiro atoms. The third kappa shape index (κ3) is 5.28. The largest absolute Gasteiger partial charge is 0.494 e. The van der Waals surface area contributed by atoms with Crippen molar-refractivity contribution in [3.63, 3.8) is 0 Å². The van der Waals surface area contributed by atoms with E-state index in [0.29, 0.717) is 20.3 Å². The van der Waals surface area contributed by atoms with Gasteiger partial charge in [0.15, 0.2) is 9.54 Å². The molecular formula is C30H26Br2N4O5S2. The Labute approximate surface area is 273 Å². The first-order valence-corrected chi connectivity index (χ1v) is 15.3. The van der Waals surface area contributed by atoms with Gasteiger partial charge in [-0.2, -0.15) is 0 Å². The van der Waals surface area contributed by atoms with Crippen molar-refractivity contribution in [2.75, 3.05) is 0 Å². The Balaban J connectivity index is 1.72. The lowest BCUT2D eigenvalue weighted by Crippen LogP contribution is -2.33. The van der Waals surface area contributed by atoms with Crippen LogP contribution in [0.5, 0.6) is 17.5 Å². The summed E-state index contributed by atoms with van der Waals surface area (Å²) in [6.45, 7) is 0.274. The van der Waals surface area contributed by atoms with E-state index in [0.717, 1.165) is 16.3 Å². The van der Waals surface area contributed by atoms with Crippen molar-refractivity contribution >= 4 is 67.1 Å². The molecule has 0 unspecified atom stereocenters. The number of hydrogen-bond donors (Lipinski definition) is 2. The summed E-state index contributed by atoms with van der Waals surface area (Å²) in [5.74, 6) is -1.61. The Kier molecular flexibility index (Phi) is 8.54. The van der Waals surface area contributed by atoms with Gasteiger partial charge < -0.3 is 14.9 Å². The highest BCUT2D eigenvalue weighted by atomic mass is 79.9. The minimum Gasteiger partial charge on any atom is -0.494 e. The molecule has 3 aromatic carbocycles. The summed E-state index contributed by atoms with van der Waals surface area (Å²) < 4.78 is 12.4. The quantitative estimate of drug-likeness (QED) is 0.204. The Bertz CT molecular complexity index is 2070. The van der Waals surface area contributed by atoms with Crippen LogP contribution in [0.15, 0.2) is 73.1 Å². The van der Waals surface area contributed by atoms with Crippen LogP contribution >= 0.6 is 56.3 Å². The van der Waals surface area contributed by atoms with Crippen molar-refractivity contribution in [3.05, 3.63) is 116 Å². The molecule has 0 radical (unpaired) electrons. The highest BCUT2D eigenvalue weighted by molar-refractivity contribution is 9.11. The minimum absolute atomic E-state index is 0.0770. The summed E-state index contributed by atoms with van der Waals surface area (Å²) in [5.41, 5.74) is -0.141. The second kappa shape index (κ2) is 11.9. The predicted molar refractivity (Wildman–Crippen MR) is 177 cm³/mol. The van der Waals surface area contributed by atoms with Crippen molar-refractivity contribution in [2.45, 2.75) is 12.5 Å². The van der Waals surface area contributed by atoms with Crippen LogP contribution in [0.2, 0.25) is 0 Å². The normalized spacial score (nSPS) is 11.4. The molecule has 5 rings (SSSR count). The number of benzene rings is 3. The first kappa shape index (κ1) is 30.9. The van der Waals surface area contributed by atoms with Crippen LogP contribution in [0.3, 0.4) is 0 Å². The molecule has 9 nitrogen and oxygen atoms in total. The van der Waals surface area contributed by atoms with Crippen molar-refractivity contribution in [1.29, 1.82) is 0 Å². The van der Waals surface area contributed by atoms with Crippen molar-refractivity contribution < 1.29 is 14.9 Å². The number of aromatic nitrogens is 4. The molecule has 0 saturated carbocycles. The molecule has 2 aromatic heterocycles. The molecule has 0 aliphatic carbocycles. The van der Waals surface area contributed by atoms with Crippen molar-refractivity contribution in [2.24, 2.45) is 28.2 Å². The van der Waals surface area contributed by atoms with Gasteiger partial charge in [-0.05, 0) is 90.3 Å². The average Bonchev–Trinajstić information content (AvgIpc) is 2.99. The Morgan fingerprint density at radius 2 is 1.26 bits per heavy atom. The zero-order valence-corrected chi connectivity index (χ0v) is 28.3. The maximum Gasteiger partial charge on any atom is 0.262 e. The highest BCUT2D eigenvalue weighted by Gasteiger charge is 2.33. The van der Waals surface area contributed by atoms with E-state index in [9.17, 15) is 19.8 Å². The van der Waals surface area contributed by atoms with E-state index >= 15 is 0 Å². The van der Waals surface area contributed by atoms with Crippen LogP contribution in [0.25, 0.3) is 10.8 Å². The van der Waals surface area contributed by atoms with Gasteiger partial charge in [-0.25, -0.2) is 0 Å². The van der Waals surface area contributed by atoms with Crippen LogP contribution in [0.1, 0.15) is 28.2 Å². The lowest BCUT2D eigenvalue weighted by molar-refractivity contribution is 0.303. The second-order valence-corrected chi connectivity index (χ2v) is 12.5. The molecule has 0 amide bonds. The zero-order valence-electron chi connectivity index (χ0n) is 23.5. The summed E-state index contributed by atoms with van der Waals surface area (Å²) in [6, 6.07) is 17.4. The summed E-state index contributed by atoms with van der Waals surface area (Å²) >= 11 is 17.8. The fraction of sp³-hybridized carbons (Fsp3) is 0.200. The Morgan fingerprint density at radius 3 is 1.79 bits per heavy atom. The molecule has 0 aliphatic rings. The minimum atomic E-state index is -1.22. The standard InChI is InChI=1S/C30H26Br2N4O5S2/c1-33-25(37)22(26(38)34(2)29(33)42)21(23-27(39)35(3)30(43)36(4)28(23)40)17-12-19(31)24(20(32)13-17)41-14-16-10-7-9-15-8-5-6-11-18(15)16/h5-13,21,37,39H,14H2,1-4H3. The van der Waals surface area contributed by atoms with Crippen LogP contribution < -0.4 is 15.9 Å². The van der Waals surface area contributed by atoms with Gasteiger partial charge in [0.25, 0.3) is 11.1 Å². The first-order chi connectivity index (χ1) is 20.3. The Hall–Kier alpha value is -3.52. The number of nitrogens with zero attached hydrogens (tertiary/aromatic N) is 4. The monoisotopic (exact) mass is 744 g/mol. The number of fused-ring (bicyclic) bond motifs is 1. The molecule has 0 saturated heterocycles. The van der Waals surface area contributed by atoms with E-state index in [1.54, 1.807) is 12.1 Å². The van der Waals surface area contributed by atoms with E-state index in [1.807, 2.05) is 42.5 Å². The van der Waals surface area contributed by atoms with E-state index in [2.05, 4.69) is 31.9 Å². The van der Waals surface area contributed by atoms with Crippen LogP contribution in [0.4, 0.5) is 0 Å². The molecule has 2 heterocycles. The van der Waals surface area contributed by atoms with Gasteiger partial charge in [0.2, 0.25) is 11.8 Å². The van der Waals surface area contributed by atoms with Gasteiger partial charge in [0.1, 0.15) is 12.4 Å². The molecule has 0 fully saturated rings. The SMILES string of the molecule is Cn1c(O)c(C(c2cc(Br)c(OCc3cccc4ccccc34)c(Br)c2)c2c(O)n(C)c(=S)n(C)c2=O)c(=O)n(C)c1=S. The van der Waals surface area contributed by atoms with Gasteiger partial charge in [0, 0.05) is 28.2 Å². The summed E-state index contributed by atoms with van der Waals surface area (Å²) in [7, 11) is 5.98. The van der Waals surface area contributed by atoms with Gasteiger partial charge in [-0.1, -0.05) is 42.5 Å². The predicted octanol–water partition coefficient (Wildman–Crippen LogP) is 6.07. The van der Waals surface area contributed by atoms with Gasteiger partial charge in [0.05, 0.1) is 26.0 Å². The lowest BCUT2D eigenvalue weighted by Gasteiger charge is -2.24. The maximum absolute atomic E-state index is 13.7. The average molecular weight is 747 g/mol. The van der Waals surface area contributed by atoms with Gasteiger partial charge in [-0.15, -0.1) is 0 Å². The highest BCUT2D eigenvalue weighted by Crippen LogP contribution is 2.43. The molecule has 5 aromatic rings. The van der Waals surface area contributed by atoms with E-state index in [-0.39, 0.29) is 27.3 Å². The first-order valence-electron chi connectivity index (χ1n) is 12.9. The molecular weight excluding hydrogens is 720 g/mol. The smallest absolute Gasteiger partial charge is 0.262 e. The molecule has 2 N–H and O–H groups in total. The maximum atomic E-state index is 13.7. The second-order valence-electron chi connectivity index (χ2n) is 10.1. The third-order valence-electron chi connectivity index (χ3n) is 7.52. The molecule has 222 valence electrons. The van der Waals surface area contributed by atoms with Crippen molar-refractivity contribution in [3.8, 4) is 17.5 Å². The van der Waals surface area contributed by atoms with E-state index in [4.69, 9.17) is 29.2 Å². The summed E-state index contributed by atoms with van der Waals surface area (Å²) in [4.78, 5) is 27.3. The summed E-state index contributed by atoms with van der Waals surface area (Å²) in [6.07, 6.45) is 0. The third-order valence-corrected chi connectivity index (χ3v) is 9.79. The van der Waals surface area contributed by atoms with Gasteiger partial charge >= 0.3 is 0 Å². The number of aromatic hydroxyl groups is 2. The fourth-order valence-corrected chi connectivity index (χ4v) is 6.94. The van der Waals surface area contributed by atoms with E-state index in [1.165, 1.54) is 46.5 Å². The summed E-state index contributed by atoms with van der Waals surface area (Å²) in [5, 5.41) is 24.7. The number of ether oxygens (including phenoxy) is 1. The van der Waals surface area contributed by atoms with Crippen LogP contribution in [0, 0.1) is 9.54 Å².